The van der Waals surface area contributed by atoms with Crippen molar-refractivity contribution >= 4 is 38.5 Å². The van der Waals surface area contributed by atoms with Crippen molar-refractivity contribution in [1.29, 1.82) is 0 Å². The van der Waals surface area contributed by atoms with Crippen LogP contribution in [0.5, 0.6) is 0 Å². The molecule has 0 radical (unpaired) electrons. The Bertz CT molecular complexity index is 2450. The molecule has 71 heavy (non-hydrogen) atoms. The Morgan fingerprint density at radius 2 is 0.408 bits per heavy atom. The van der Waals surface area contributed by atoms with Gasteiger partial charge in [0.2, 0.25) is 0 Å². The summed E-state index contributed by atoms with van der Waals surface area (Å²) in [7, 11) is -21.3. The largest absolute Gasteiger partial charge is 2.00 e. The number of benzene rings is 4. The van der Waals surface area contributed by atoms with Gasteiger partial charge in [-0.1, -0.05) is 146 Å². The maximum Gasteiger partial charge on any atom is 2.00 e. The summed E-state index contributed by atoms with van der Waals surface area (Å²) in [5, 5.41) is 18.5. The van der Waals surface area contributed by atoms with E-state index < -0.39 is 15.6 Å². The molecule has 23 heteroatoms. The predicted octanol–water partition coefficient (Wildman–Crippen LogP) is 16.3. The van der Waals surface area contributed by atoms with Crippen molar-refractivity contribution in [3.05, 3.63) is 264 Å². The molecule has 8 aromatic rings. The fourth-order valence-corrected chi connectivity index (χ4v) is 5.62. The fraction of sp³-hybridized carbons (Fsp3) is 0. The Morgan fingerprint density at radius 1 is 0.254 bits per heavy atom. The second-order valence-electron chi connectivity index (χ2n) is 14.0. The SMILES string of the molecule is F[P-](F)(F)(F)(F)F.F[P-](F)(F)(F)(F)F.[Ni+2].c1ccc(/C(=N/N=C(\c2ccccc2)c2ccccn2)c2ccccn2)cc1.c1ccc(/C(=N/N=C(\c2ccccc2)c2ccccn2)c2ccccn2)cc1. The van der Waals surface area contributed by atoms with E-state index in [4.69, 9.17) is 0 Å². The van der Waals surface area contributed by atoms with Crippen molar-refractivity contribution in [2.75, 3.05) is 0 Å². The molecule has 0 aliphatic rings. The second-order valence-corrected chi connectivity index (χ2v) is 17.9. The molecule has 0 spiro atoms. The van der Waals surface area contributed by atoms with Crippen LogP contribution in [0.3, 0.4) is 0 Å². The van der Waals surface area contributed by atoms with Crippen LogP contribution >= 0.6 is 15.6 Å². The van der Waals surface area contributed by atoms with Crippen molar-refractivity contribution in [1.82, 2.24) is 19.9 Å². The molecule has 372 valence electrons. The maximum absolute atomic E-state index is 10.7. The van der Waals surface area contributed by atoms with Gasteiger partial charge in [0.1, 0.15) is 22.8 Å². The average Bonchev–Trinajstić information content (AvgIpc) is 3.32. The van der Waals surface area contributed by atoms with E-state index in [1.165, 1.54) is 0 Å². The van der Waals surface area contributed by atoms with Crippen LogP contribution in [0.1, 0.15) is 45.0 Å². The number of hydrogen-bond acceptors (Lipinski definition) is 8. The van der Waals surface area contributed by atoms with Gasteiger partial charge in [-0.15, -0.1) is 20.4 Å². The summed E-state index contributed by atoms with van der Waals surface area (Å²) in [5.41, 5.74) is 9.76. The smallest absolute Gasteiger partial charge is 0.255 e. The van der Waals surface area contributed by atoms with Crippen LogP contribution in [-0.2, 0) is 16.5 Å². The van der Waals surface area contributed by atoms with Gasteiger partial charge in [-0.25, -0.2) is 0 Å². The zero-order valence-electron chi connectivity index (χ0n) is 36.1. The van der Waals surface area contributed by atoms with E-state index in [1.54, 1.807) is 24.8 Å². The number of halogens is 12. The quantitative estimate of drug-likeness (QED) is 0.0448. The van der Waals surface area contributed by atoms with E-state index in [0.29, 0.717) is 22.8 Å². The summed E-state index contributed by atoms with van der Waals surface area (Å²) < 4.78 is 118. The van der Waals surface area contributed by atoms with Gasteiger partial charge in [0.05, 0.1) is 22.8 Å². The van der Waals surface area contributed by atoms with Crippen LogP contribution in [-0.4, -0.2) is 42.8 Å². The molecule has 0 unspecified atom stereocenters. The van der Waals surface area contributed by atoms with Crippen LogP contribution < -0.4 is 0 Å². The Labute approximate surface area is 408 Å². The van der Waals surface area contributed by atoms with Gasteiger partial charge in [0.15, 0.2) is 0 Å². The van der Waals surface area contributed by atoms with Crippen LogP contribution in [0.2, 0.25) is 0 Å². The Hall–Kier alpha value is -7.33. The first kappa shape index (κ1) is 56.3. The van der Waals surface area contributed by atoms with Gasteiger partial charge in [-0.2, -0.15) is 0 Å². The summed E-state index contributed by atoms with van der Waals surface area (Å²) in [4.78, 5) is 17.9. The molecule has 0 aliphatic heterocycles. The number of rotatable bonds is 10. The first-order valence-corrected chi connectivity index (χ1v) is 24.1. The monoisotopic (exact) mass is 1070 g/mol. The molecule has 0 N–H and O–H groups in total. The number of pyridine rings is 4. The minimum atomic E-state index is -10.7. The first-order chi connectivity index (χ1) is 32.7. The van der Waals surface area contributed by atoms with Gasteiger partial charge < -0.3 is 0 Å². The second kappa shape index (κ2) is 22.6. The molecule has 4 heterocycles. The van der Waals surface area contributed by atoms with Gasteiger partial charge >= 0.3 is 82.5 Å². The molecule has 0 atom stereocenters. The molecular weight excluding hydrogens is 1040 g/mol. The molecule has 8 nitrogen and oxygen atoms in total. The summed E-state index contributed by atoms with van der Waals surface area (Å²) >= 11 is 0. The van der Waals surface area contributed by atoms with Crippen LogP contribution in [0, 0.1) is 0 Å². The van der Waals surface area contributed by atoms with Gasteiger partial charge in [-0.3, -0.25) is 19.9 Å². The van der Waals surface area contributed by atoms with Crippen molar-refractivity contribution in [2.45, 2.75) is 0 Å². The van der Waals surface area contributed by atoms with Crippen LogP contribution in [0.15, 0.2) is 239 Å². The minimum absolute atomic E-state index is 0. The zero-order chi connectivity index (χ0) is 50.9. The third-order valence-electron chi connectivity index (χ3n) is 8.32. The normalized spacial score (nSPS) is 14.0. The molecule has 0 saturated carbocycles. The average molecular weight is 1070 g/mol. The van der Waals surface area contributed by atoms with Crippen LogP contribution in [0.25, 0.3) is 0 Å². The van der Waals surface area contributed by atoms with Gasteiger partial charge in [-0.05, 0) is 48.5 Å². The molecular formula is C48H36F12N8NiP2. The van der Waals surface area contributed by atoms with Crippen LogP contribution in [0.4, 0.5) is 50.4 Å². The first-order valence-electron chi connectivity index (χ1n) is 20.0. The summed E-state index contributed by atoms with van der Waals surface area (Å²) in [6, 6.07) is 62.9. The summed E-state index contributed by atoms with van der Waals surface area (Å²) in [6.45, 7) is 0. The van der Waals surface area contributed by atoms with E-state index in [0.717, 1.165) is 45.0 Å². The Balaban J connectivity index is 0.000000241. The van der Waals surface area contributed by atoms with Gasteiger partial charge in [0, 0.05) is 47.0 Å². The molecule has 0 fully saturated rings. The third-order valence-corrected chi connectivity index (χ3v) is 8.32. The van der Waals surface area contributed by atoms with E-state index in [1.807, 2.05) is 194 Å². The fourth-order valence-electron chi connectivity index (χ4n) is 5.62. The topological polar surface area (TPSA) is 101 Å². The van der Waals surface area contributed by atoms with Crippen molar-refractivity contribution in [3.63, 3.8) is 0 Å². The third kappa shape index (κ3) is 23.7. The minimum Gasteiger partial charge on any atom is -0.255 e. The number of aromatic nitrogens is 4. The molecule has 0 saturated heterocycles. The van der Waals surface area contributed by atoms with E-state index in [9.17, 15) is 50.4 Å². The molecule has 0 aliphatic carbocycles. The number of hydrogen-bond donors (Lipinski definition) is 0. The standard InChI is InChI=1S/2C24H18N4.2F6P.Ni/c2*1-3-11-19(12-4-1)23(21-15-7-9-17-25-21)27-28-24(20-13-5-2-6-14-20)22-16-8-10-18-26-22;2*1-7(2,3,4,5)6;/h2*1-18H;;;/q;;2*-1;+2/b2*27-23-,28-24+;;;. The molecule has 8 rings (SSSR count). The van der Waals surface area contributed by atoms with E-state index in [2.05, 4.69) is 40.3 Å². The zero-order valence-corrected chi connectivity index (χ0v) is 38.9. The van der Waals surface area contributed by atoms with E-state index >= 15 is 0 Å². The number of nitrogens with zero attached hydrogens (tertiary/aromatic N) is 8. The Kier molecular flexibility index (Phi) is 17.9. The molecule has 0 amide bonds. The molecule has 4 aromatic carbocycles. The predicted molar refractivity (Wildman–Crippen MR) is 252 cm³/mol. The van der Waals surface area contributed by atoms with Crippen molar-refractivity contribution in [3.8, 4) is 0 Å². The molecule has 4 aromatic heterocycles. The maximum atomic E-state index is 9.87. The summed E-state index contributed by atoms with van der Waals surface area (Å²) in [5.74, 6) is 0. The van der Waals surface area contributed by atoms with Crippen molar-refractivity contribution in [2.24, 2.45) is 20.4 Å². The Morgan fingerprint density at radius 3 is 0.549 bits per heavy atom. The van der Waals surface area contributed by atoms with Crippen molar-refractivity contribution < 1.29 is 66.9 Å². The summed E-state index contributed by atoms with van der Waals surface area (Å²) in [6.07, 6.45) is 7.03. The van der Waals surface area contributed by atoms with E-state index in [-0.39, 0.29) is 16.5 Å². The van der Waals surface area contributed by atoms with Gasteiger partial charge in [0.25, 0.3) is 0 Å². The molecule has 0 bridgehead atoms.